The molecule has 0 aliphatic carbocycles. The number of carbonyl (C=O) groups excluding carboxylic acids is 1. The van der Waals surface area contributed by atoms with Crippen molar-refractivity contribution in [2.75, 3.05) is 13.2 Å². The predicted octanol–water partition coefficient (Wildman–Crippen LogP) is 0.669. The first-order valence-electron chi connectivity index (χ1n) is 5.03. The molecule has 0 N–H and O–H groups in total. The van der Waals surface area contributed by atoms with Gasteiger partial charge in [-0.1, -0.05) is 0 Å². The smallest absolute Gasteiger partial charge is 0.359 e. The molecule has 82 valence electrons. The number of esters is 1. The quantitative estimate of drug-likeness (QED) is 0.673. The van der Waals surface area contributed by atoms with Crippen molar-refractivity contribution in [2.45, 2.75) is 20.0 Å². The molecule has 0 atom stereocenters. The number of aromatic nitrogens is 2. The van der Waals surface area contributed by atoms with Crippen LogP contribution in [0.1, 0.15) is 28.7 Å². The van der Waals surface area contributed by atoms with Crippen molar-refractivity contribution in [1.29, 1.82) is 0 Å². The summed E-state index contributed by atoms with van der Waals surface area (Å²) < 4.78 is 12.0. The maximum Gasteiger partial charge on any atom is 0.359 e. The molecule has 1 aromatic heterocycles. The Morgan fingerprint density at radius 2 is 2.47 bits per heavy atom. The largest absolute Gasteiger partial charge is 0.461 e. The fraction of sp³-hybridized carbons (Fsp3) is 0.600. The molecule has 5 heteroatoms. The summed E-state index contributed by atoms with van der Waals surface area (Å²) in [6, 6.07) is 0. The maximum atomic E-state index is 11.6. The zero-order valence-corrected chi connectivity index (χ0v) is 8.95. The van der Waals surface area contributed by atoms with Crippen LogP contribution in [0.4, 0.5) is 0 Å². The molecular formula is C10H14N2O3. The van der Waals surface area contributed by atoms with Gasteiger partial charge in [-0.25, -0.2) is 4.79 Å². The second kappa shape index (κ2) is 4.02. The summed E-state index contributed by atoms with van der Waals surface area (Å²) >= 11 is 0. The molecule has 0 saturated carbocycles. The molecule has 0 aromatic carbocycles. The topological polar surface area (TPSA) is 53.3 Å². The summed E-state index contributed by atoms with van der Waals surface area (Å²) in [4.78, 5) is 11.6. The first-order chi connectivity index (χ1) is 7.24. The highest BCUT2D eigenvalue weighted by atomic mass is 16.5. The van der Waals surface area contributed by atoms with Gasteiger partial charge in [0.1, 0.15) is 0 Å². The first-order valence-corrected chi connectivity index (χ1v) is 5.03. The number of nitrogens with zero attached hydrogens (tertiary/aromatic N) is 2. The highest BCUT2D eigenvalue weighted by Gasteiger charge is 2.24. The van der Waals surface area contributed by atoms with E-state index in [9.17, 15) is 4.79 Å². The van der Waals surface area contributed by atoms with E-state index in [2.05, 4.69) is 5.10 Å². The van der Waals surface area contributed by atoms with Crippen LogP contribution in [0.15, 0.2) is 0 Å². The second-order valence-corrected chi connectivity index (χ2v) is 3.42. The minimum absolute atomic E-state index is 0.361. The summed E-state index contributed by atoms with van der Waals surface area (Å²) in [5, 5.41) is 4.17. The van der Waals surface area contributed by atoms with Crippen LogP contribution in [0.2, 0.25) is 0 Å². The third-order valence-electron chi connectivity index (χ3n) is 2.47. The van der Waals surface area contributed by atoms with Gasteiger partial charge in [-0.2, -0.15) is 5.10 Å². The molecule has 0 fully saturated rings. The van der Waals surface area contributed by atoms with Crippen molar-refractivity contribution in [3.05, 3.63) is 17.0 Å². The molecular weight excluding hydrogens is 196 g/mol. The van der Waals surface area contributed by atoms with Gasteiger partial charge in [0.15, 0.2) is 5.69 Å². The van der Waals surface area contributed by atoms with Gasteiger partial charge in [-0.3, -0.25) is 4.68 Å². The Morgan fingerprint density at radius 1 is 1.67 bits per heavy atom. The standard InChI is InChI=1S/C10H14N2O3/c1-3-15-10(13)9-7-6-14-5-4-8(7)12(2)11-9/h3-6H2,1-2H3. The van der Waals surface area contributed by atoms with Crippen molar-refractivity contribution < 1.29 is 14.3 Å². The first kappa shape index (κ1) is 10.2. The van der Waals surface area contributed by atoms with E-state index in [-0.39, 0.29) is 5.97 Å². The average molecular weight is 210 g/mol. The van der Waals surface area contributed by atoms with E-state index in [1.165, 1.54) is 0 Å². The van der Waals surface area contributed by atoms with Gasteiger partial charge >= 0.3 is 5.97 Å². The monoisotopic (exact) mass is 210 g/mol. The summed E-state index contributed by atoms with van der Waals surface area (Å²) in [5.74, 6) is -0.361. The lowest BCUT2D eigenvalue weighted by molar-refractivity contribution is 0.0509. The van der Waals surface area contributed by atoms with Crippen molar-refractivity contribution >= 4 is 5.97 Å². The highest BCUT2D eigenvalue weighted by Crippen LogP contribution is 2.20. The Hall–Kier alpha value is -1.36. The Bertz CT molecular complexity index is 384. The van der Waals surface area contributed by atoms with Gasteiger partial charge < -0.3 is 9.47 Å². The van der Waals surface area contributed by atoms with Crippen LogP contribution in [0, 0.1) is 0 Å². The van der Waals surface area contributed by atoms with E-state index in [0.717, 1.165) is 17.7 Å². The number of hydrogen-bond donors (Lipinski definition) is 0. The Kier molecular flexibility index (Phi) is 2.73. The average Bonchev–Trinajstić information content (AvgIpc) is 2.58. The van der Waals surface area contributed by atoms with Crippen LogP contribution in [0.25, 0.3) is 0 Å². The molecule has 15 heavy (non-hydrogen) atoms. The normalized spacial score (nSPS) is 14.8. The highest BCUT2D eigenvalue weighted by molar-refractivity contribution is 5.89. The molecule has 0 saturated heterocycles. The molecule has 0 amide bonds. The van der Waals surface area contributed by atoms with E-state index in [1.807, 2.05) is 7.05 Å². The Labute approximate surface area is 88.0 Å². The van der Waals surface area contributed by atoms with Crippen LogP contribution in [0.3, 0.4) is 0 Å². The second-order valence-electron chi connectivity index (χ2n) is 3.42. The van der Waals surface area contributed by atoms with Gasteiger partial charge in [-0.05, 0) is 6.92 Å². The molecule has 1 aliphatic heterocycles. The Morgan fingerprint density at radius 3 is 3.20 bits per heavy atom. The number of aryl methyl sites for hydroxylation is 1. The van der Waals surface area contributed by atoms with Crippen LogP contribution in [-0.4, -0.2) is 29.0 Å². The van der Waals surface area contributed by atoms with Crippen LogP contribution in [-0.2, 0) is 29.5 Å². The SMILES string of the molecule is CCOC(=O)c1nn(C)c2c1COCC2. The minimum atomic E-state index is -0.361. The number of fused-ring (bicyclic) bond motifs is 1. The van der Waals surface area contributed by atoms with E-state index in [4.69, 9.17) is 9.47 Å². The molecule has 1 aliphatic rings. The third-order valence-corrected chi connectivity index (χ3v) is 2.47. The molecule has 0 unspecified atom stereocenters. The lowest BCUT2D eigenvalue weighted by Gasteiger charge is -2.13. The summed E-state index contributed by atoms with van der Waals surface area (Å²) in [5.41, 5.74) is 2.35. The summed E-state index contributed by atoms with van der Waals surface area (Å²) in [6.45, 7) is 3.29. The van der Waals surface area contributed by atoms with Gasteiger partial charge in [0, 0.05) is 24.7 Å². The van der Waals surface area contributed by atoms with Gasteiger partial charge in [-0.15, -0.1) is 0 Å². The third kappa shape index (κ3) is 1.74. The molecule has 2 rings (SSSR count). The zero-order chi connectivity index (χ0) is 10.8. The lowest BCUT2D eigenvalue weighted by atomic mass is 10.1. The summed E-state index contributed by atoms with van der Waals surface area (Å²) in [7, 11) is 1.84. The van der Waals surface area contributed by atoms with Crippen molar-refractivity contribution in [1.82, 2.24) is 9.78 Å². The number of rotatable bonds is 2. The fourth-order valence-electron chi connectivity index (χ4n) is 1.77. The predicted molar refractivity (Wildman–Crippen MR) is 52.5 cm³/mol. The lowest BCUT2D eigenvalue weighted by Crippen LogP contribution is -2.14. The van der Waals surface area contributed by atoms with Crippen molar-refractivity contribution in [2.24, 2.45) is 7.05 Å². The summed E-state index contributed by atoms with van der Waals surface area (Å²) in [6.07, 6.45) is 0.804. The molecule has 0 bridgehead atoms. The van der Waals surface area contributed by atoms with Gasteiger partial charge in [0.05, 0.1) is 19.8 Å². The number of carbonyl (C=O) groups is 1. The van der Waals surface area contributed by atoms with Gasteiger partial charge in [0.2, 0.25) is 0 Å². The van der Waals surface area contributed by atoms with E-state index < -0.39 is 0 Å². The van der Waals surface area contributed by atoms with Crippen LogP contribution >= 0.6 is 0 Å². The molecule has 5 nitrogen and oxygen atoms in total. The molecule has 1 aromatic rings. The Balaban J connectivity index is 2.35. The molecule has 0 spiro atoms. The zero-order valence-electron chi connectivity index (χ0n) is 8.95. The number of ether oxygens (including phenoxy) is 2. The van der Waals surface area contributed by atoms with Crippen LogP contribution in [0.5, 0.6) is 0 Å². The minimum Gasteiger partial charge on any atom is -0.461 e. The maximum absolute atomic E-state index is 11.6. The van der Waals surface area contributed by atoms with Crippen LogP contribution < -0.4 is 0 Å². The van der Waals surface area contributed by atoms with E-state index in [0.29, 0.717) is 25.5 Å². The van der Waals surface area contributed by atoms with E-state index in [1.54, 1.807) is 11.6 Å². The van der Waals surface area contributed by atoms with Crippen molar-refractivity contribution in [3.8, 4) is 0 Å². The molecule has 0 radical (unpaired) electrons. The van der Waals surface area contributed by atoms with E-state index >= 15 is 0 Å². The van der Waals surface area contributed by atoms with Crippen molar-refractivity contribution in [3.63, 3.8) is 0 Å². The fourth-order valence-corrected chi connectivity index (χ4v) is 1.77. The molecule has 2 heterocycles. The number of hydrogen-bond acceptors (Lipinski definition) is 4. The van der Waals surface area contributed by atoms with Gasteiger partial charge in [0.25, 0.3) is 0 Å².